The molecule has 0 fully saturated rings. The average molecular weight is 340 g/mol. The molecule has 0 spiro atoms. The normalized spacial score (nSPS) is 10.8. The molecule has 0 amide bonds. The minimum Gasteiger partial charge on any atom is -0.493 e. The highest BCUT2D eigenvalue weighted by atomic mass is 16.5. The maximum absolute atomic E-state index is 12.3. The van der Waals surface area contributed by atoms with Crippen molar-refractivity contribution < 1.29 is 18.9 Å². The standard InChI is InChI=1S/C20H20O5/c1-11-8-12-9-17(23-3)19(24-4)20(25-5)18(12)13-6-7-16(22-2)15(21)10-14(11)13/h6-10H,1-5H3. The highest BCUT2D eigenvalue weighted by Crippen LogP contribution is 2.46. The molecule has 0 atom stereocenters. The van der Waals surface area contributed by atoms with Gasteiger partial charge in [0.05, 0.1) is 28.4 Å². The van der Waals surface area contributed by atoms with Crippen molar-refractivity contribution in [2.75, 3.05) is 28.4 Å². The molecule has 0 heterocycles. The average Bonchev–Trinajstić information content (AvgIpc) is 2.78. The lowest BCUT2D eigenvalue weighted by Gasteiger charge is -2.16. The second kappa shape index (κ2) is 6.51. The van der Waals surface area contributed by atoms with Gasteiger partial charge in [0.2, 0.25) is 11.2 Å². The van der Waals surface area contributed by atoms with Gasteiger partial charge in [-0.1, -0.05) is 6.07 Å². The number of fused-ring (bicyclic) bond motifs is 3. The SMILES string of the molecule is COc1cc2cc(C)c3cc(=O)c(OC)ccc3c2c(OC)c1OC. The summed E-state index contributed by atoms with van der Waals surface area (Å²) in [5.41, 5.74) is 0.812. The Hall–Kier alpha value is -2.95. The molecule has 0 aromatic heterocycles. The quantitative estimate of drug-likeness (QED) is 0.725. The van der Waals surface area contributed by atoms with E-state index in [0.717, 1.165) is 27.1 Å². The van der Waals surface area contributed by atoms with Crippen LogP contribution in [0.25, 0.3) is 21.5 Å². The zero-order chi connectivity index (χ0) is 18.1. The van der Waals surface area contributed by atoms with Gasteiger partial charge in [0, 0.05) is 5.39 Å². The first-order valence-corrected chi connectivity index (χ1v) is 7.80. The number of methoxy groups -OCH3 is 4. The van der Waals surface area contributed by atoms with Crippen molar-refractivity contribution in [3.05, 3.63) is 46.1 Å². The van der Waals surface area contributed by atoms with Gasteiger partial charge < -0.3 is 18.9 Å². The maximum atomic E-state index is 12.3. The van der Waals surface area contributed by atoms with E-state index >= 15 is 0 Å². The van der Waals surface area contributed by atoms with Gasteiger partial charge in [-0.2, -0.15) is 0 Å². The topological polar surface area (TPSA) is 54.0 Å². The summed E-state index contributed by atoms with van der Waals surface area (Å²) in [5.74, 6) is 1.97. The molecule has 0 radical (unpaired) electrons. The van der Waals surface area contributed by atoms with E-state index in [0.29, 0.717) is 23.0 Å². The first-order chi connectivity index (χ1) is 12.0. The van der Waals surface area contributed by atoms with Crippen LogP contribution in [-0.4, -0.2) is 28.4 Å². The van der Waals surface area contributed by atoms with E-state index in [1.54, 1.807) is 33.5 Å². The molecule has 0 aliphatic heterocycles. The summed E-state index contributed by atoms with van der Waals surface area (Å²) in [6.07, 6.45) is 0. The van der Waals surface area contributed by atoms with Crippen LogP contribution in [0.5, 0.6) is 23.0 Å². The van der Waals surface area contributed by atoms with Crippen molar-refractivity contribution in [2.24, 2.45) is 0 Å². The summed E-state index contributed by atoms with van der Waals surface area (Å²) in [6, 6.07) is 9.07. The van der Waals surface area contributed by atoms with Crippen molar-refractivity contribution in [3.63, 3.8) is 0 Å². The van der Waals surface area contributed by atoms with Crippen LogP contribution in [0.3, 0.4) is 0 Å². The largest absolute Gasteiger partial charge is 0.493 e. The van der Waals surface area contributed by atoms with E-state index in [4.69, 9.17) is 18.9 Å². The summed E-state index contributed by atoms with van der Waals surface area (Å²) >= 11 is 0. The molecule has 3 aromatic rings. The molecule has 3 rings (SSSR count). The Morgan fingerprint density at radius 1 is 0.720 bits per heavy atom. The van der Waals surface area contributed by atoms with E-state index < -0.39 is 0 Å². The van der Waals surface area contributed by atoms with Gasteiger partial charge in [-0.15, -0.1) is 0 Å². The first kappa shape index (κ1) is 16.9. The molecule has 25 heavy (non-hydrogen) atoms. The molecule has 3 aromatic carbocycles. The molecular weight excluding hydrogens is 320 g/mol. The molecule has 0 saturated carbocycles. The number of benzene rings is 2. The Kier molecular flexibility index (Phi) is 4.40. The highest BCUT2D eigenvalue weighted by molar-refractivity contribution is 6.13. The Bertz CT molecular complexity index is 1020. The lowest BCUT2D eigenvalue weighted by atomic mass is 9.98. The Morgan fingerprint density at radius 3 is 2.00 bits per heavy atom. The van der Waals surface area contributed by atoms with Crippen LogP contribution in [0.15, 0.2) is 35.1 Å². The van der Waals surface area contributed by atoms with Crippen LogP contribution in [0.2, 0.25) is 0 Å². The lowest BCUT2D eigenvalue weighted by Crippen LogP contribution is -2.00. The monoisotopic (exact) mass is 340 g/mol. The van der Waals surface area contributed by atoms with Gasteiger partial charge in [-0.25, -0.2) is 0 Å². The zero-order valence-corrected chi connectivity index (χ0v) is 14.9. The molecule has 130 valence electrons. The molecule has 0 aliphatic rings. The van der Waals surface area contributed by atoms with E-state index in [-0.39, 0.29) is 5.43 Å². The summed E-state index contributed by atoms with van der Waals surface area (Å²) < 4.78 is 21.8. The van der Waals surface area contributed by atoms with Crippen LogP contribution in [0.4, 0.5) is 0 Å². The smallest absolute Gasteiger partial charge is 0.220 e. The van der Waals surface area contributed by atoms with Crippen molar-refractivity contribution in [1.29, 1.82) is 0 Å². The van der Waals surface area contributed by atoms with Crippen molar-refractivity contribution in [1.82, 2.24) is 0 Å². The molecule has 0 unspecified atom stereocenters. The predicted molar refractivity (Wildman–Crippen MR) is 98.7 cm³/mol. The Morgan fingerprint density at radius 2 is 1.40 bits per heavy atom. The number of hydrogen-bond donors (Lipinski definition) is 0. The van der Waals surface area contributed by atoms with Crippen LogP contribution in [0, 0.1) is 6.92 Å². The van der Waals surface area contributed by atoms with Gasteiger partial charge in [-0.05, 0) is 52.9 Å². The fourth-order valence-corrected chi connectivity index (χ4v) is 3.20. The molecular formula is C20H20O5. The second-order valence-electron chi connectivity index (χ2n) is 5.67. The van der Waals surface area contributed by atoms with Gasteiger partial charge in [0.25, 0.3) is 0 Å². The predicted octanol–water partition coefficient (Wildman–Crippen LogP) is 3.70. The maximum Gasteiger partial charge on any atom is 0.220 e. The van der Waals surface area contributed by atoms with Crippen LogP contribution in [-0.2, 0) is 0 Å². The van der Waals surface area contributed by atoms with Crippen LogP contribution < -0.4 is 24.4 Å². The molecule has 0 saturated heterocycles. The third kappa shape index (κ3) is 2.61. The molecule has 5 nitrogen and oxygen atoms in total. The van der Waals surface area contributed by atoms with E-state index in [2.05, 4.69) is 0 Å². The summed E-state index contributed by atoms with van der Waals surface area (Å²) in [7, 11) is 6.23. The van der Waals surface area contributed by atoms with Gasteiger partial charge in [0.1, 0.15) is 0 Å². The number of ether oxygens (including phenoxy) is 4. The summed E-state index contributed by atoms with van der Waals surface area (Å²) in [5, 5.41) is 3.52. The fraction of sp³-hybridized carbons (Fsp3) is 0.250. The minimum atomic E-state index is -0.167. The van der Waals surface area contributed by atoms with Crippen LogP contribution >= 0.6 is 0 Å². The fourth-order valence-electron chi connectivity index (χ4n) is 3.20. The second-order valence-corrected chi connectivity index (χ2v) is 5.67. The molecule has 0 N–H and O–H groups in total. The van der Waals surface area contributed by atoms with Gasteiger partial charge in [-0.3, -0.25) is 4.79 Å². The van der Waals surface area contributed by atoms with Crippen LogP contribution in [0.1, 0.15) is 5.56 Å². The van der Waals surface area contributed by atoms with Gasteiger partial charge in [0.15, 0.2) is 17.2 Å². The number of aryl methyl sites for hydroxylation is 1. The lowest BCUT2D eigenvalue weighted by molar-refractivity contribution is 0.327. The van der Waals surface area contributed by atoms with E-state index in [9.17, 15) is 4.79 Å². The Balaban J connectivity index is 2.61. The number of hydrogen-bond acceptors (Lipinski definition) is 5. The van der Waals surface area contributed by atoms with Crippen molar-refractivity contribution in [3.8, 4) is 23.0 Å². The third-order valence-corrected chi connectivity index (χ3v) is 4.36. The molecule has 5 heteroatoms. The third-order valence-electron chi connectivity index (χ3n) is 4.36. The zero-order valence-electron chi connectivity index (χ0n) is 14.9. The van der Waals surface area contributed by atoms with Crippen molar-refractivity contribution in [2.45, 2.75) is 6.92 Å². The van der Waals surface area contributed by atoms with Gasteiger partial charge >= 0.3 is 0 Å². The number of rotatable bonds is 4. The Labute approximate surface area is 145 Å². The first-order valence-electron chi connectivity index (χ1n) is 7.80. The minimum absolute atomic E-state index is 0.167. The van der Waals surface area contributed by atoms with E-state index in [1.165, 1.54) is 7.11 Å². The highest BCUT2D eigenvalue weighted by Gasteiger charge is 2.18. The summed E-state index contributed by atoms with van der Waals surface area (Å²) in [4.78, 5) is 12.3. The van der Waals surface area contributed by atoms with E-state index in [1.807, 2.05) is 25.1 Å². The molecule has 0 bridgehead atoms. The summed E-state index contributed by atoms with van der Waals surface area (Å²) in [6.45, 7) is 1.97. The molecule has 0 aliphatic carbocycles. The van der Waals surface area contributed by atoms with Crippen molar-refractivity contribution >= 4 is 21.5 Å².